The van der Waals surface area contributed by atoms with E-state index in [9.17, 15) is 0 Å². The van der Waals surface area contributed by atoms with E-state index in [4.69, 9.17) is 5.73 Å². The number of halogens is 1. The molecule has 1 aliphatic rings. The van der Waals surface area contributed by atoms with Crippen molar-refractivity contribution >= 4 is 12.4 Å². The first kappa shape index (κ1) is 16.5. The van der Waals surface area contributed by atoms with Crippen LogP contribution in [0.25, 0.3) is 0 Å². The molecule has 3 heteroatoms. The Balaban J connectivity index is 0.00000180. The summed E-state index contributed by atoms with van der Waals surface area (Å²) in [6.45, 7) is 10.1. The SMILES string of the molecule is CC(C)c1ccc(CN2CCC(N)C(C)C2)cc1.Cl. The van der Waals surface area contributed by atoms with Crippen LogP contribution in [0, 0.1) is 5.92 Å². The Kier molecular flexibility index (Phi) is 6.31. The first-order valence-electron chi connectivity index (χ1n) is 7.13. The van der Waals surface area contributed by atoms with Crippen LogP contribution < -0.4 is 5.73 Å². The van der Waals surface area contributed by atoms with E-state index in [0.29, 0.717) is 17.9 Å². The molecule has 0 spiro atoms. The van der Waals surface area contributed by atoms with Gasteiger partial charge < -0.3 is 5.73 Å². The van der Waals surface area contributed by atoms with E-state index in [1.165, 1.54) is 11.1 Å². The molecule has 1 aromatic carbocycles. The molecule has 1 aliphatic heterocycles. The van der Waals surface area contributed by atoms with Gasteiger partial charge in [0.1, 0.15) is 0 Å². The zero-order valence-electron chi connectivity index (χ0n) is 12.3. The van der Waals surface area contributed by atoms with Gasteiger partial charge in [0.25, 0.3) is 0 Å². The summed E-state index contributed by atoms with van der Waals surface area (Å²) in [5, 5.41) is 0. The summed E-state index contributed by atoms with van der Waals surface area (Å²) >= 11 is 0. The quantitative estimate of drug-likeness (QED) is 0.921. The van der Waals surface area contributed by atoms with Gasteiger partial charge >= 0.3 is 0 Å². The molecule has 1 saturated heterocycles. The Hall–Kier alpha value is -0.570. The molecule has 2 rings (SSSR count). The highest BCUT2D eigenvalue weighted by molar-refractivity contribution is 5.85. The van der Waals surface area contributed by atoms with Gasteiger partial charge in [-0.15, -0.1) is 12.4 Å². The third-order valence-corrected chi connectivity index (χ3v) is 4.11. The molecule has 0 radical (unpaired) electrons. The summed E-state index contributed by atoms with van der Waals surface area (Å²) in [6, 6.07) is 9.46. The van der Waals surface area contributed by atoms with Crippen LogP contribution in [0.5, 0.6) is 0 Å². The number of hydrogen-bond acceptors (Lipinski definition) is 2. The van der Waals surface area contributed by atoms with Crippen LogP contribution in [-0.4, -0.2) is 24.0 Å². The standard InChI is InChI=1S/C16H26N2.ClH/c1-12(2)15-6-4-14(5-7-15)11-18-9-8-16(17)13(3)10-18;/h4-7,12-13,16H,8-11,17H2,1-3H3;1H. The molecule has 1 fully saturated rings. The van der Waals surface area contributed by atoms with Crippen LogP contribution in [0.15, 0.2) is 24.3 Å². The summed E-state index contributed by atoms with van der Waals surface area (Å²) in [5.41, 5.74) is 8.90. The first-order valence-corrected chi connectivity index (χ1v) is 7.13. The zero-order chi connectivity index (χ0) is 13.1. The maximum Gasteiger partial charge on any atom is 0.0233 e. The van der Waals surface area contributed by atoms with Gasteiger partial charge in [0.15, 0.2) is 0 Å². The molecule has 0 saturated carbocycles. The van der Waals surface area contributed by atoms with E-state index in [1.807, 2.05) is 0 Å². The van der Waals surface area contributed by atoms with Crippen molar-refractivity contribution in [3.8, 4) is 0 Å². The minimum Gasteiger partial charge on any atom is -0.327 e. The largest absolute Gasteiger partial charge is 0.327 e. The summed E-state index contributed by atoms with van der Waals surface area (Å²) < 4.78 is 0. The molecule has 2 N–H and O–H groups in total. The van der Waals surface area contributed by atoms with Crippen molar-refractivity contribution < 1.29 is 0 Å². The summed E-state index contributed by atoms with van der Waals surface area (Å²) in [4.78, 5) is 2.53. The number of likely N-dealkylation sites (tertiary alicyclic amines) is 1. The van der Waals surface area contributed by atoms with Crippen LogP contribution in [0.4, 0.5) is 0 Å². The van der Waals surface area contributed by atoms with Crippen molar-refractivity contribution in [1.29, 1.82) is 0 Å². The van der Waals surface area contributed by atoms with Gasteiger partial charge in [0.2, 0.25) is 0 Å². The normalized spacial score (nSPS) is 24.3. The minimum atomic E-state index is 0. The van der Waals surface area contributed by atoms with E-state index >= 15 is 0 Å². The van der Waals surface area contributed by atoms with E-state index in [0.717, 1.165) is 26.1 Å². The van der Waals surface area contributed by atoms with Gasteiger partial charge in [-0.2, -0.15) is 0 Å². The highest BCUT2D eigenvalue weighted by atomic mass is 35.5. The molecule has 0 aliphatic carbocycles. The summed E-state index contributed by atoms with van der Waals surface area (Å²) in [5.74, 6) is 1.24. The molecule has 2 atom stereocenters. The molecule has 0 aromatic heterocycles. The van der Waals surface area contributed by atoms with E-state index in [2.05, 4.69) is 49.9 Å². The van der Waals surface area contributed by atoms with Crippen molar-refractivity contribution in [2.24, 2.45) is 11.7 Å². The predicted octanol–water partition coefficient (Wildman–Crippen LogP) is 3.40. The maximum absolute atomic E-state index is 6.06. The molecule has 1 heterocycles. The second-order valence-electron chi connectivity index (χ2n) is 6.06. The molecule has 1 aromatic rings. The zero-order valence-corrected chi connectivity index (χ0v) is 13.1. The maximum atomic E-state index is 6.06. The van der Waals surface area contributed by atoms with Gasteiger partial charge in [0, 0.05) is 19.1 Å². The number of hydrogen-bond donors (Lipinski definition) is 1. The highest BCUT2D eigenvalue weighted by Crippen LogP contribution is 2.19. The van der Waals surface area contributed by atoms with Crippen molar-refractivity contribution in [3.05, 3.63) is 35.4 Å². The van der Waals surface area contributed by atoms with E-state index in [-0.39, 0.29) is 12.4 Å². The molecular formula is C16H27ClN2. The fraction of sp³-hybridized carbons (Fsp3) is 0.625. The van der Waals surface area contributed by atoms with Gasteiger partial charge in [-0.05, 0) is 35.9 Å². The van der Waals surface area contributed by atoms with Crippen LogP contribution in [0.1, 0.15) is 44.2 Å². The average molecular weight is 283 g/mol. The van der Waals surface area contributed by atoms with Crippen molar-refractivity contribution in [2.75, 3.05) is 13.1 Å². The average Bonchev–Trinajstić information content (AvgIpc) is 2.34. The molecule has 19 heavy (non-hydrogen) atoms. The Morgan fingerprint density at radius 1 is 1.26 bits per heavy atom. The predicted molar refractivity (Wildman–Crippen MR) is 84.8 cm³/mol. The third kappa shape index (κ3) is 4.48. The summed E-state index contributed by atoms with van der Waals surface area (Å²) in [6.07, 6.45) is 1.13. The molecule has 0 amide bonds. The fourth-order valence-corrected chi connectivity index (χ4v) is 2.66. The van der Waals surface area contributed by atoms with Crippen molar-refractivity contribution in [3.63, 3.8) is 0 Å². The second-order valence-corrected chi connectivity index (χ2v) is 6.06. The third-order valence-electron chi connectivity index (χ3n) is 4.11. The molecule has 2 unspecified atom stereocenters. The van der Waals surface area contributed by atoms with Gasteiger partial charge in [-0.25, -0.2) is 0 Å². The van der Waals surface area contributed by atoms with Crippen molar-refractivity contribution in [2.45, 2.75) is 45.7 Å². The van der Waals surface area contributed by atoms with Gasteiger partial charge in [-0.1, -0.05) is 45.0 Å². The van der Waals surface area contributed by atoms with E-state index in [1.54, 1.807) is 0 Å². The van der Waals surface area contributed by atoms with Gasteiger partial charge in [0.05, 0.1) is 0 Å². The molecular weight excluding hydrogens is 256 g/mol. The summed E-state index contributed by atoms with van der Waals surface area (Å²) in [7, 11) is 0. The number of nitrogens with zero attached hydrogens (tertiary/aromatic N) is 1. The van der Waals surface area contributed by atoms with Crippen LogP contribution in [0.3, 0.4) is 0 Å². The minimum absolute atomic E-state index is 0. The number of nitrogens with two attached hydrogens (primary N) is 1. The van der Waals surface area contributed by atoms with Crippen LogP contribution in [-0.2, 0) is 6.54 Å². The lowest BCUT2D eigenvalue weighted by Gasteiger charge is -2.35. The Bertz CT molecular complexity index is 375. The lowest BCUT2D eigenvalue weighted by Crippen LogP contribution is -2.45. The molecule has 0 bridgehead atoms. The fourth-order valence-electron chi connectivity index (χ4n) is 2.66. The van der Waals surface area contributed by atoms with Gasteiger partial charge in [-0.3, -0.25) is 4.90 Å². The monoisotopic (exact) mass is 282 g/mol. The Morgan fingerprint density at radius 2 is 1.89 bits per heavy atom. The number of rotatable bonds is 3. The van der Waals surface area contributed by atoms with Crippen LogP contribution in [0.2, 0.25) is 0 Å². The Labute approximate surface area is 123 Å². The van der Waals surface area contributed by atoms with E-state index < -0.39 is 0 Å². The number of benzene rings is 1. The Morgan fingerprint density at radius 3 is 2.42 bits per heavy atom. The second kappa shape index (κ2) is 7.28. The molecule has 108 valence electrons. The molecule has 2 nitrogen and oxygen atoms in total. The highest BCUT2D eigenvalue weighted by Gasteiger charge is 2.22. The number of piperidine rings is 1. The lowest BCUT2D eigenvalue weighted by molar-refractivity contribution is 0.158. The smallest absolute Gasteiger partial charge is 0.0233 e. The van der Waals surface area contributed by atoms with Crippen LogP contribution >= 0.6 is 12.4 Å². The first-order chi connectivity index (χ1) is 8.56. The topological polar surface area (TPSA) is 29.3 Å². The lowest BCUT2D eigenvalue weighted by atomic mass is 9.94. The van der Waals surface area contributed by atoms with Crippen molar-refractivity contribution in [1.82, 2.24) is 4.90 Å².